The van der Waals surface area contributed by atoms with Gasteiger partial charge in [-0.05, 0) is 46.9 Å². The predicted octanol–water partition coefficient (Wildman–Crippen LogP) is 3.35. The van der Waals surface area contributed by atoms with Gasteiger partial charge in [0.25, 0.3) is 0 Å². The van der Waals surface area contributed by atoms with E-state index in [4.69, 9.17) is 10.2 Å². The number of para-hydroxylation sites is 1. The molecule has 0 amide bonds. The molecule has 3 N–H and O–H groups in total. The lowest BCUT2D eigenvalue weighted by Crippen LogP contribution is -2.01. The van der Waals surface area contributed by atoms with E-state index in [0.717, 1.165) is 0 Å². The quantitative estimate of drug-likeness (QED) is 0.386. The molecule has 0 aliphatic heterocycles. The topological polar surface area (TPSA) is 76.5 Å². The number of benzene rings is 2. The average Bonchev–Trinajstić information content (AvgIpc) is 2.43. The van der Waals surface area contributed by atoms with Crippen LogP contribution in [0.5, 0.6) is 5.75 Å². The fourth-order valence-corrected chi connectivity index (χ4v) is 2.52. The number of nitrogens with two attached hydrogens (primary N) is 1. The number of hydrogen-bond acceptors (Lipinski definition) is 4. The molecule has 0 spiro atoms. The normalized spacial score (nSPS) is 10.8. The molecule has 4 nitrogen and oxygen atoms in total. The zero-order chi connectivity index (χ0) is 14.3. The van der Waals surface area contributed by atoms with Gasteiger partial charge in [-0.25, -0.2) is 0 Å². The largest absolute Gasteiger partial charge is 0.507 e. The van der Waals surface area contributed by atoms with Gasteiger partial charge in [-0.15, -0.1) is 0 Å². The van der Waals surface area contributed by atoms with Crippen LogP contribution in [0.1, 0.15) is 0 Å². The van der Waals surface area contributed by atoms with Crippen LogP contribution in [-0.2, 0) is 0 Å². The molecule has 0 radical (unpaired) electrons. The van der Waals surface area contributed by atoms with Crippen LogP contribution in [0.15, 0.2) is 51.7 Å². The van der Waals surface area contributed by atoms with Crippen molar-refractivity contribution in [2.75, 3.05) is 5.73 Å². The average molecular weight is 379 g/mol. The third-order valence-corrected chi connectivity index (χ3v) is 3.88. The van der Waals surface area contributed by atoms with E-state index >= 15 is 0 Å². The molecule has 0 saturated heterocycles. The lowest BCUT2D eigenvalue weighted by molar-refractivity contribution is 0.471. The highest BCUT2D eigenvalue weighted by Gasteiger charge is 2.12. The van der Waals surface area contributed by atoms with E-state index in [0.29, 0.717) is 31.6 Å². The molecule has 1 heterocycles. The van der Waals surface area contributed by atoms with E-state index in [-0.39, 0.29) is 11.2 Å². The fourth-order valence-electron chi connectivity index (χ4n) is 2.03. The second kappa shape index (κ2) is 4.82. The number of halogens is 1. The number of hydrogen-bond donors (Lipinski definition) is 2. The van der Waals surface area contributed by atoms with Gasteiger partial charge in [-0.1, -0.05) is 12.1 Å². The van der Waals surface area contributed by atoms with Crippen molar-refractivity contribution in [2.45, 2.75) is 0 Å². The first-order valence-corrected chi connectivity index (χ1v) is 6.95. The minimum atomic E-state index is -0.140. The smallest absolute Gasteiger partial charge is 0.193 e. The van der Waals surface area contributed by atoms with Crippen molar-refractivity contribution in [1.29, 1.82) is 0 Å². The van der Waals surface area contributed by atoms with E-state index < -0.39 is 0 Å². The van der Waals surface area contributed by atoms with Crippen molar-refractivity contribution >= 4 is 39.2 Å². The molecule has 0 aliphatic rings. The van der Waals surface area contributed by atoms with Gasteiger partial charge in [0.1, 0.15) is 17.1 Å². The van der Waals surface area contributed by atoms with Gasteiger partial charge in [0.2, 0.25) is 0 Å². The van der Waals surface area contributed by atoms with Crippen molar-refractivity contribution < 1.29 is 9.52 Å². The summed E-state index contributed by atoms with van der Waals surface area (Å²) in [6.45, 7) is 0. The summed E-state index contributed by atoms with van der Waals surface area (Å²) in [6.07, 6.45) is 0. The first-order valence-electron chi connectivity index (χ1n) is 5.87. The number of rotatable bonds is 1. The Labute approximate surface area is 128 Å². The Balaban J connectivity index is 2.30. The Morgan fingerprint density at radius 1 is 1.15 bits per heavy atom. The summed E-state index contributed by atoms with van der Waals surface area (Å²) in [6, 6.07) is 11.5. The number of anilines is 1. The SMILES string of the molecule is Nc1cc(I)c(O)cc1-c1cc(=O)c2ccccc2o1. The second-order valence-electron chi connectivity index (χ2n) is 4.36. The van der Waals surface area contributed by atoms with E-state index in [1.807, 2.05) is 22.6 Å². The Bertz CT molecular complexity index is 871. The summed E-state index contributed by atoms with van der Waals surface area (Å²) in [5, 5.41) is 10.3. The van der Waals surface area contributed by atoms with E-state index in [1.54, 1.807) is 30.3 Å². The lowest BCUT2D eigenvalue weighted by atomic mass is 10.1. The number of aromatic hydroxyl groups is 1. The summed E-state index contributed by atoms with van der Waals surface area (Å²) in [5.41, 5.74) is 7.25. The lowest BCUT2D eigenvalue weighted by Gasteiger charge is -2.08. The first kappa shape index (κ1) is 13.0. The summed E-state index contributed by atoms with van der Waals surface area (Å²) in [7, 11) is 0. The molecule has 0 aliphatic carbocycles. The zero-order valence-electron chi connectivity index (χ0n) is 10.3. The van der Waals surface area contributed by atoms with Crippen LogP contribution >= 0.6 is 22.6 Å². The van der Waals surface area contributed by atoms with Crippen LogP contribution in [0.25, 0.3) is 22.3 Å². The number of nitrogen functional groups attached to an aromatic ring is 1. The molecule has 20 heavy (non-hydrogen) atoms. The highest BCUT2D eigenvalue weighted by Crippen LogP contribution is 2.33. The van der Waals surface area contributed by atoms with E-state index in [9.17, 15) is 9.90 Å². The predicted molar refractivity (Wildman–Crippen MR) is 86.7 cm³/mol. The molecular formula is C15H10INO3. The van der Waals surface area contributed by atoms with Gasteiger partial charge < -0.3 is 15.3 Å². The molecule has 0 atom stereocenters. The molecule has 5 heteroatoms. The van der Waals surface area contributed by atoms with Crippen molar-refractivity contribution in [3.63, 3.8) is 0 Å². The number of fused-ring (bicyclic) bond motifs is 1. The summed E-state index contributed by atoms with van der Waals surface area (Å²) in [5.74, 6) is 0.448. The van der Waals surface area contributed by atoms with Crippen LogP contribution in [0.2, 0.25) is 0 Å². The van der Waals surface area contributed by atoms with Crippen LogP contribution < -0.4 is 11.2 Å². The van der Waals surface area contributed by atoms with Gasteiger partial charge in [0.15, 0.2) is 5.43 Å². The Hall–Kier alpha value is -2.02. The number of phenolic OH excluding ortho intramolecular Hbond substituents is 1. The van der Waals surface area contributed by atoms with Crippen LogP contribution in [-0.4, -0.2) is 5.11 Å². The molecule has 0 fully saturated rings. The van der Waals surface area contributed by atoms with Crippen molar-refractivity contribution in [2.24, 2.45) is 0 Å². The van der Waals surface area contributed by atoms with Gasteiger partial charge >= 0.3 is 0 Å². The van der Waals surface area contributed by atoms with Gasteiger partial charge in [0.05, 0.1) is 8.96 Å². The minimum absolute atomic E-state index is 0.102. The molecule has 1 aromatic heterocycles. The maximum Gasteiger partial charge on any atom is 0.193 e. The molecule has 3 aromatic rings. The maximum absolute atomic E-state index is 12.1. The third-order valence-electron chi connectivity index (χ3n) is 3.02. The molecular weight excluding hydrogens is 369 g/mol. The molecule has 0 unspecified atom stereocenters. The first-order chi connectivity index (χ1) is 9.56. The molecule has 2 aromatic carbocycles. The fraction of sp³-hybridized carbons (Fsp3) is 0. The molecule has 100 valence electrons. The van der Waals surface area contributed by atoms with Gasteiger partial charge in [-0.2, -0.15) is 0 Å². The Kier molecular flexibility index (Phi) is 3.13. The van der Waals surface area contributed by atoms with Crippen molar-refractivity contribution in [1.82, 2.24) is 0 Å². The van der Waals surface area contributed by atoms with Crippen LogP contribution in [0, 0.1) is 3.57 Å². The highest BCUT2D eigenvalue weighted by molar-refractivity contribution is 14.1. The van der Waals surface area contributed by atoms with E-state index in [2.05, 4.69) is 0 Å². The Morgan fingerprint density at radius 2 is 1.90 bits per heavy atom. The van der Waals surface area contributed by atoms with Gasteiger partial charge in [-0.3, -0.25) is 4.79 Å². The minimum Gasteiger partial charge on any atom is -0.507 e. The highest BCUT2D eigenvalue weighted by atomic mass is 127. The molecule has 3 rings (SSSR count). The standard InChI is InChI=1S/C15H10INO3/c16-10-6-11(17)9(5-13(10)19)15-7-12(18)8-3-1-2-4-14(8)20-15/h1-7,19H,17H2. The molecule has 0 bridgehead atoms. The molecule has 0 saturated carbocycles. The van der Waals surface area contributed by atoms with Crippen LogP contribution in [0.4, 0.5) is 5.69 Å². The maximum atomic E-state index is 12.1. The summed E-state index contributed by atoms with van der Waals surface area (Å²) >= 11 is 1.98. The van der Waals surface area contributed by atoms with Crippen LogP contribution in [0.3, 0.4) is 0 Å². The monoisotopic (exact) mass is 379 g/mol. The van der Waals surface area contributed by atoms with Gasteiger partial charge in [0, 0.05) is 17.3 Å². The van der Waals surface area contributed by atoms with E-state index in [1.165, 1.54) is 12.1 Å². The summed E-state index contributed by atoms with van der Waals surface area (Å²) < 4.78 is 6.36. The zero-order valence-corrected chi connectivity index (χ0v) is 12.4. The second-order valence-corrected chi connectivity index (χ2v) is 5.52. The van der Waals surface area contributed by atoms with Crippen molar-refractivity contribution in [3.05, 3.63) is 56.3 Å². The third kappa shape index (κ3) is 2.14. The summed E-state index contributed by atoms with van der Waals surface area (Å²) in [4.78, 5) is 12.1. The Morgan fingerprint density at radius 3 is 2.70 bits per heavy atom. The van der Waals surface area contributed by atoms with Crippen molar-refractivity contribution in [3.8, 4) is 17.1 Å². The number of phenols is 1.